The second-order valence-corrected chi connectivity index (χ2v) is 36.9. The van der Waals surface area contributed by atoms with Crippen LogP contribution in [0.2, 0.25) is 0 Å². The Labute approximate surface area is 597 Å². The molecule has 11 aromatic carbocycles. The van der Waals surface area contributed by atoms with Crippen molar-refractivity contribution in [2.24, 2.45) is 0 Å². The van der Waals surface area contributed by atoms with Crippen LogP contribution in [0.1, 0.15) is 196 Å². The fraction of sp³-hybridized carbons (Fsp3) is 0.312. The lowest BCUT2D eigenvalue weighted by Crippen LogP contribution is -2.61. The molecule has 1 aromatic heterocycles. The van der Waals surface area contributed by atoms with Gasteiger partial charge in [0.05, 0.1) is 16.7 Å². The van der Waals surface area contributed by atoms with Gasteiger partial charge in [-0.05, 0) is 222 Å². The highest BCUT2D eigenvalue weighted by molar-refractivity contribution is 7.00. The van der Waals surface area contributed by atoms with Crippen LogP contribution in [0.3, 0.4) is 0 Å². The minimum Gasteiger partial charge on any atom is -0.311 e. The molecule has 0 amide bonds. The van der Waals surface area contributed by atoms with Gasteiger partial charge in [-0.3, -0.25) is 0 Å². The zero-order valence-electron chi connectivity index (χ0n) is 63.1. The molecular formula is C96H100BN3. The maximum Gasteiger partial charge on any atom is 0.252 e. The molecule has 0 bridgehead atoms. The molecule has 3 nitrogen and oxygen atoms in total. The molecule has 12 aromatic rings. The van der Waals surface area contributed by atoms with Gasteiger partial charge >= 0.3 is 0 Å². The van der Waals surface area contributed by atoms with Crippen LogP contribution in [0, 0.1) is 0 Å². The van der Waals surface area contributed by atoms with Crippen molar-refractivity contribution in [2.45, 2.75) is 195 Å². The van der Waals surface area contributed by atoms with Crippen molar-refractivity contribution in [3.05, 3.63) is 263 Å². The molecule has 0 fully saturated rings. The van der Waals surface area contributed by atoms with Crippen molar-refractivity contribution in [3.8, 4) is 50.2 Å². The molecule has 2 aliphatic heterocycles. The predicted octanol–water partition coefficient (Wildman–Crippen LogP) is 24.6. The Hall–Kier alpha value is -9.12. The largest absolute Gasteiger partial charge is 0.311 e. The number of benzene rings is 11. The number of anilines is 6. The van der Waals surface area contributed by atoms with E-state index in [2.05, 4.69) is 371 Å². The van der Waals surface area contributed by atoms with E-state index in [1.165, 1.54) is 150 Å². The molecule has 16 rings (SSSR count). The van der Waals surface area contributed by atoms with Crippen LogP contribution in [0.4, 0.5) is 34.1 Å². The van der Waals surface area contributed by atoms with Crippen LogP contribution >= 0.6 is 0 Å². The average Bonchev–Trinajstić information content (AvgIpc) is 0.888. The maximum absolute atomic E-state index is 2.64. The van der Waals surface area contributed by atoms with E-state index in [4.69, 9.17) is 0 Å². The summed E-state index contributed by atoms with van der Waals surface area (Å²) in [7, 11) is 0. The molecule has 0 unspecified atom stereocenters. The van der Waals surface area contributed by atoms with E-state index >= 15 is 0 Å². The highest BCUT2D eigenvalue weighted by atomic mass is 15.2. The summed E-state index contributed by atoms with van der Waals surface area (Å²) in [6.45, 7) is 47.6. The number of hydrogen-bond donors (Lipinski definition) is 0. The zero-order chi connectivity index (χ0) is 70.5. The van der Waals surface area contributed by atoms with Gasteiger partial charge in [-0.2, -0.15) is 0 Å². The molecule has 0 N–H and O–H groups in total. The molecule has 3 heterocycles. The Morgan fingerprint density at radius 1 is 0.280 bits per heavy atom. The van der Waals surface area contributed by atoms with Crippen molar-refractivity contribution < 1.29 is 0 Å². The van der Waals surface area contributed by atoms with E-state index in [9.17, 15) is 0 Å². The van der Waals surface area contributed by atoms with Gasteiger partial charge in [-0.1, -0.05) is 296 Å². The van der Waals surface area contributed by atoms with Gasteiger partial charge in [0.2, 0.25) is 0 Å². The number of nitrogens with zero attached hydrogens (tertiary/aromatic N) is 3. The number of fused-ring (bicyclic) bond motifs is 9. The van der Waals surface area contributed by atoms with Crippen LogP contribution in [0.15, 0.2) is 218 Å². The van der Waals surface area contributed by atoms with Gasteiger partial charge in [-0.15, -0.1) is 0 Å². The van der Waals surface area contributed by atoms with Crippen molar-refractivity contribution >= 4 is 79.0 Å². The molecule has 100 heavy (non-hydrogen) atoms. The first-order chi connectivity index (χ1) is 47.1. The third kappa shape index (κ3) is 10.6. The van der Waals surface area contributed by atoms with Crippen LogP contribution in [0.25, 0.3) is 72.0 Å². The van der Waals surface area contributed by atoms with Crippen molar-refractivity contribution in [1.82, 2.24) is 4.57 Å². The number of hydrogen-bond acceptors (Lipinski definition) is 2. The lowest BCUT2D eigenvalue weighted by Gasteiger charge is -2.44. The third-order valence-corrected chi connectivity index (χ3v) is 23.5. The van der Waals surface area contributed by atoms with E-state index in [1.54, 1.807) is 0 Å². The molecule has 0 atom stereocenters. The molecule has 0 radical (unpaired) electrons. The summed E-state index contributed by atoms with van der Waals surface area (Å²) in [6.07, 6.45) is 2.27. The Morgan fingerprint density at radius 2 is 0.600 bits per heavy atom. The van der Waals surface area contributed by atoms with Crippen molar-refractivity contribution in [1.29, 1.82) is 0 Å². The fourth-order valence-corrected chi connectivity index (χ4v) is 19.2. The lowest BCUT2D eigenvalue weighted by atomic mass is 9.33. The summed E-state index contributed by atoms with van der Waals surface area (Å²) in [4.78, 5) is 5.28. The topological polar surface area (TPSA) is 11.4 Å². The first-order valence-electron chi connectivity index (χ1n) is 36.9. The second kappa shape index (κ2) is 22.2. The Balaban J connectivity index is 0.981. The number of aromatic nitrogens is 1. The SMILES string of the molecule is CC(C)(C)c1ccc(-c2ccc3c(c2)N(c2ccc(-c4ccc5c(c4)C(C)(C)CC5(C)C)cc2)c2cc(-n4c5ccccc5c5ccccc54)cc4c2B3c2ccc(-c3ccc(C(C)(C)C)c(C(C)(C)C)c3)cc2N4c2ccc(-c3ccc4c(c3)C(C)(C)CC4(C)C)cc2)cc1C(C)(C)C. The van der Waals surface area contributed by atoms with Gasteiger partial charge in [0.25, 0.3) is 6.71 Å². The minimum atomic E-state index is -0.129. The molecule has 4 aliphatic rings. The summed E-state index contributed by atoms with van der Waals surface area (Å²) in [5, 5.41) is 2.48. The van der Waals surface area contributed by atoms with E-state index < -0.39 is 0 Å². The standard InChI is InChI=1S/C96H100BN3/c1-89(2,3)72-43-33-63(49-76(72)91(7,8)9)65-37-47-80-84(53-65)98(67-39-29-59(30-40-67)61-35-45-74-78(51-61)95(17,18)57-93(74,13)14)86-55-69(100-82-27-23-21-25-70(82)71-26-22-24-28-83(71)100)56-87-88(86)97(80)81-48-38-66(64-34-44-73(90(4,5)6)77(50-64)92(10,11)12)54-85(81)99(87)68-41-31-60(32-42-68)62-36-46-75-79(52-62)96(19,20)58-94(75,15)16/h21-56H,57-58H2,1-20H3. The quantitative estimate of drug-likeness (QED) is 0.147. The van der Waals surface area contributed by atoms with Gasteiger partial charge in [0.15, 0.2) is 0 Å². The normalized spacial score (nSPS) is 16.4. The van der Waals surface area contributed by atoms with Gasteiger partial charge in [-0.25, -0.2) is 0 Å². The molecular weight excluding hydrogens is 1210 g/mol. The summed E-state index contributed by atoms with van der Waals surface area (Å²) >= 11 is 0. The smallest absolute Gasteiger partial charge is 0.252 e. The summed E-state index contributed by atoms with van der Waals surface area (Å²) in [6, 6.07) is 86.3. The summed E-state index contributed by atoms with van der Waals surface area (Å²) < 4.78 is 2.54. The van der Waals surface area contributed by atoms with Crippen LogP contribution < -0.4 is 26.2 Å². The lowest BCUT2D eigenvalue weighted by molar-refractivity contribution is 0.402. The van der Waals surface area contributed by atoms with Crippen molar-refractivity contribution in [2.75, 3.05) is 9.80 Å². The summed E-state index contributed by atoms with van der Waals surface area (Å²) in [5.41, 5.74) is 35.8. The summed E-state index contributed by atoms with van der Waals surface area (Å²) in [5.74, 6) is 0. The highest BCUT2D eigenvalue weighted by Gasteiger charge is 2.46. The minimum absolute atomic E-state index is 0.0199. The molecule has 0 saturated carbocycles. The van der Waals surface area contributed by atoms with E-state index in [0.717, 1.165) is 29.9 Å². The molecule has 0 saturated heterocycles. The van der Waals surface area contributed by atoms with Gasteiger partial charge < -0.3 is 14.4 Å². The highest BCUT2D eigenvalue weighted by Crippen LogP contribution is 2.54. The molecule has 2 aliphatic carbocycles. The fourth-order valence-electron chi connectivity index (χ4n) is 19.2. The maximum atomic E-state index is 2.64. The second-order valence-electron chi connectivity index (χ2n) is 36.9. The Bertz CT molecular complexity index is 5020. The average molecular weight is 1310 g/mol. The van der Waals surface area contributed by atoms with Gasteiger partial charge in [0.1, 0.15) is 0 Å². The first-order valence-corrected chi connectivity index (χ1v) is 36.9. The monoisotopic (exact) mass is 1310 g/mol. The van der Waals surface area contributed by atoms with Gasteiger partial charge in [0, 0.05) is 44.9 Å². The molecule has 4 heteroatoms. The number of para-hydroxylation sites is 2. The number of rotatable bonds is 7. The van der Waals surface area contributed by atoms with E-state index in [0.29, 0.717) is 0 Å². The Morgan fingerprint density at radius 3 is 0.980 bits per heavy atom. The van der Waals surface area contributed by atoms with E-state index in [-0.39, 0.29) is 50.0 Å². The first kappa shape index (κ1) is 65.5. The van der Waals surface area contributed by atoms with Crippen LogP contribution in [-0.4, -0.2) is 11.3 Å². The molecule has 0 spiro atoms. The third-order valence-electron chi connectivity index (χ3n) is 23.5. The predicted molar refractivity (Wildman–Crippen MR) is 433 cm³/mol. The van der Waals surface area contributed by atoms with Crippen LogP contribution in [0.5, 0.6) is 0 Å². The van der Waals surface area contributed by atoms with Crippen molar-refractivity contribution in [3.63, 3.8) is 0 Å². The molecule has 502 valence electrons. The zero-order valence-corrected chi connectivity index (χ0v) is 63.1. The van der Waals surface area contributed by atoms with E-state index in [1.807, 2.05) is 0 Å². The van der Waals surface area contributed by atoms with Crippen LogP contribution in [-0.2, 0) is 43.3 Å². The Kier molecular flexibility index (Phi) is 14.5.